The molecule has 3 amide bonds. The summed E-state index contributed by atoms with van der Waals surface area (Å²) < 4.78 is 83.9. The highest BCUT2D eigenvalue weighted by Crippen LogP contribution is 2.39. The van der Waals surface area contributed by atoms with Gasteiger partial charge in [0.15, 0.2) is 0 Å². The molecule has 0 saturated heterocycles. The van der Waals surface area contributed by atoms with E-state index in [1.807, 2.05) is 5.32 Å². The molecule has 0 fully saturated rings. The van der Waals surface area contributed by atoms with Crippen LogP contribution in [-0.4, -0.2) is 30.0 Å². The van der Waals surface area contributed by atoms with Gasteiger partial charge in [-0.2, -0.15) is 26.3 Å². The maximum Gasteiger partial charge on any atom is 0.418 e. The van der Waals surface area contributed by atoms with Crippen molar-refractivity contribution in [3.05, 3.63) is 77.3 Å². The molecule has 0 aliphatic heterocycles. The number of urea groups is 1. The van der Waals surface area contributed by atoms with E-state index >= 15 is 0 Å². The van der Waals surface area contributed by atoms with Gasteiger partial charge in [0.25, 0.3) is 5.91 Å². The van der Waals surface area contributed by atoms with Crippen molar-refractivity contribution >= 4 is 17.6 Å². The first kappa shape index (κ1) is 25.6. The molecule has 0 bridgehead atoms. The Morgan fingerprint density at radius 3 is 2.40 bits per heavy atom. The minimum atomic E-state index is -4.98. The average Bonchev–Trinajstić information content (AvgIpc) is 2.78. The molecule has 13 heteroatoms. The number of allylic oxidation sites excluding steroid dienone is 1. The lowest BCUT2D eigenvalue weighted by molar-refractivity contribution is -0.140. The van der Waals surface area contributed by atoms with Crippen molar-refractivity contribution in [1.82, 2.24) is 15.6 Å². The Morgan fingerprint density at radius 1 is 1.06 bits per heavy atom. The lowest BCUT2D eigenvalue weighted by Gasteiger charge is -2.20. The number of halogens is 6. The van der Waals surface area contributed by atoms with Crippen LogP contribution in [0.15, 0.2) is 60.5 Å². The van der Waals surface area contributed by atoms with E-state index in [4.69, 9.17) is 4.74 Å². The molecule has 0 radical (unpaired) electrons. The summed E-state index contributed by atoms with van der Waals surface area (Å²) in [5, 5.41) is 6.65. The number of nitrogens with zero attached hydrogens (tertiary/aromatic N) is 1. The second-order valence-corrected chi connectivity index (χ2v) is 7.22. The molecule has 3 rings (SSSR count). The number of nitrogens with one attached hydrogen (secondary N) is 3. The molecule has 1 aliphatic rings. The minimum absolute atomic E-state index is 0.134. The number of benzene rings is 1. The van der Waals surface area contributed by atoms with Gasteiger partial charge >= 0.3 is 18.4 Å². The van der Waals surface area contributed by atoms with Crippen LogP contribution in [0.3, 0.4) is 0 Å². The van der Waals surface area contributed by atoms with Gasteiger partial charge in [-0.1, -0.05) is 6.08 Å². The molecule has 1 heterocycles. The fraction of sp³-hybridized carbons (Fsp3) is 0.227. The normalized spacial score (nSPS) is 15.7. The van der Waals surface area contributed by atoms with Gasteiger partial charge in [-0.05, 0) is 42.8 Å². The molecule has 186 valence electrons. The van der Waals surface area contributed by atoms with Gasteiger partial charge in [-0.25, -0.2) is 4.79 Å². The van der Waals surface area contributed by atoms with Crippen molar-refractivity contribution < 1.29 is 40.7 Å². The summed E-state index contributed by atoms with van der Waals surface area (Å²) in [7, 11) is 1.45. The number of amides is 3. The quantitative estimate of drug-likeness (QED) is 0.510. The molecule has 1 aromatic carbocycles. The number of aromatic nitrogens is 1. The summed E-state index contributed by atoms with van der Waals surface area (Å²) in [6.45, 7) is 0. The zero-order chi connectivity index (χ0) is 25.8. The lowest BCUT2D eigenvalue weighted by atomic mass is 10.1. The van der Waals surface area contributed by atoms with E-state index in [0.29, 0.717) is 17.6 Å². The van der Waals surface area contributed by atoms with Gasteiger partial charge in [0, 0.05) is 19.3 Å². The van der Waals surface area contributed by atoms with E-state index in [0.717, 1.165) is 0 Å². The van der Waals surface area contributed by atoms with Crippen LogP contribution in [0.4, 0.5) is 36.8 Å². The Labute approximate surface area is 194 Å². The van der Waals surface area contributed by atoms with Gasteiger partial charge in [-0.3, -0.25) is 9.78 Å². The van der Waals surface area contributed by atoms with E-state index < -0.39 is 47.1 Å². The number of rotatable bonds is 5. The number of hydrogen-bond acceptors (Lipinski definition) is 4. The van der Waals surface area contributed by atoms with Crippen molar-refractivity contribution in [3.63, 3.8) is 0 Å². The van der Waals surface area contributed by atoms with Gasteiger partial charge in [0.2, 0.25) is 0 Å². The van der Waals surface area contributed by atoms with Crippen LogP contribution in [0.2, 0.25) is 0 Å². The first-order chi connectivity index (χ1) is 16.4. The number of hydrogen-bond donors (Lipinski definition) is 3. The van der Waals surface area contributed by atoms with Gasteiger partial charge < -0.3 is 20.7 Å². The Bertz CT molecular complexity index is 1170. The lowest BCUT2D eigenvalue weighted by Crippen LogP contribution is -2.37. The maximum absolute atomic E-state index is 13.2. The van der Waals surface area contributed by atoms with Crippen LogP contribution in [0, 0.1) is 0 Å². The number of anilines is 1. The van der Waals surface area contributed by atoms with Gasteiger partial charge in [0.1, 0.15) is 17.2 Å². The van der Waals surface area contributed by atoms with E-state index in [-0.39, 0.29) is 24.2 Å². The van der Waals surface area contributed by atoms with Crippen LogP contribution in [-0.2, 0) is 12.4 Å². The number of carbonyl (C=O) groups is 2. The van der Waals surface area contributed by atoms with E-state index in [9.17, 15) is 35.9 Å². The van der Waals surface area contributed by atoms with E-state index in [1.54, 1.807) is 6.08 Å². The van der Waals surface area contributed by atoms with Crippen molar-refractivity contribution in [2.45, 2.75) is 24.8 Å². The fourth-order valence-electron chi connectivity index (χ4n) is 3.04. The monoisotopic (exact) mass is 500 g/mol. The van der Waals surface area contributed by atoms with E-state index in [1.165, 1.54) is 37.5 Å². The Kier molecular flexibility index (Phi) is 7.37. The molecule has 1 aromatic heterocycles. The molecule has 1 unspecified atom stereocenters. The molecule has 1 atom stereocenters. The standard InChI is InChI=1S/C22H18F6N4O3/c1-29-19(33)18-11-15(8-9-30-18)35-14-5-3-13(4-6-14)31-20(34)32-17-10-12(21(23,24)25)2-7-16(17)22(26,27)28/h2-3,5-11,13H,4H2,1H3,(H,29,33)(H2,31,32,34). The predicted octanol–water partition coefficient (Wildman–Crippen LogP) is 4.89. The smallest absolute Gasteiger partial charge is 0.418 e. The van der Waals surface area contributed by atoms with E-state index in [2.05, 4.69) is 15.6 Å². The van der Waals surface area contributed by atoms with Crippen molar-refractivity contribution in [2.24, 2.45) is 0 Å². The van der Waals surface area contributed by atoms with Crippen molar-refractivity contribution in [3.8, 4) is 5.75 Å². The van der Waals surface area contributed by atoms with Crippen molar-refractivity contribution in [1.29, 1.82) is 0 Å². The summed E-state index contributed by atoms with van der Waals surface area (Å²) in [5.41, 5.74) is -3.63. The third-order valence-corrected chi connectivity index (χ3v) is 4.71. The molecule has 0 saturated carbocycles. The Morgan fingerprint density at radius 2 is 1.80 bits per heavy atom. The Hall–Kier alpha value is -4.03. The molecule has 0 spiro atoms. The summed E-state index contributed by atoms with van der Waals surface area (Å²) >= 11 is 0. The predicted molar refractivity (Wildman–Crippen MR) is 112 cm³/mol. The number of carbonyl (C=O) groups excluding carboxylic acids is 2. The summed E-state index contributed by atoms with van der Waals surface area (Å²) in [4.78, 5) is 27.8. The molecule has 35 heavy (non-hydrogen) atoms. The Balaban J connectivity index is 1.64. The van der Waals surface area contributed by atoms with Crippen LogP contribution in [0.5, 0.6) is 5.75 Å². The highest BCUT2D eigenvalue weighted by Gasteiger charge is 2.37. The maximum atomic E-state index is 13.2. The van der Waals surface area contributed by atoms with Crippen molar-refractivity contribution in [2.75, 3.05) is 12.4 Å². The molecular weight excluding hydrogens is 482 g/mol. The second kappa shape index (κ2) is 10.1. The molecule has 2 aromatic rings. The number of ether oxygens (including phenoxy) is 1. The first-order valence-corrected chi connectivity index (χ1v) is 9.97. The first-order valence-electron chi connectivity index (χ1n) is 9.97. The van der Waals surface area contributed by atoms with Crippen LogP contribution in [0.25, 0.3) is 0 Å². The molecular formula is C22H18F6N4O3. The zero-order valence-corrected chi connectivity index (χ0v) is 17.9. The zero-order valence-electron chi connectivity index (χ0n) is 17.9. The highest BCUT2D eigenvalue weighted by molar-refractivity contribution is 5.92. The average molecular weight is 500 g/mol. The van der Waals surface area contributed by atoms with Crippen LogP contribution < -0.4 is 20.7 Å². The summed E-state index contributed by atoms with van der Waals surface area (Å²) in [5.74, 6) is 0.283. The second-order valence-electron chi connectivity index (χ2n) is 7.22. The molecule has 7 nitrogen and oxygen atoms in total. The van der Waals surface area contributed by atoms with Gasteiger partial charge in [0.05, 0.1) is 22.9 Å². The van der Waals surface area contributed by atoms with Crippen LogP contribution in [0.1, 0.15) is 28.0 Å². The fourth-order valence-corrected chi connectivity index (χ4v) is 3.04. The topological polar surface area (TPSA) is 92.4 Å². The third-order valence-electron chi connectivity index (χ3n) is 4.71. The SMILES string of the molecule is CNC(=O)c1cc(OC2=CCC(NC(=O)Nc3cc(C(F)(F)F)ccc3C(F)(F)F)C=C2)ccn1. The largest absolute Gasteiger partial charge is 0.458 e. The molecule has 3 N–H and O–H groups in total. The molecule has 1 aliphatic carbocycles. The number of alkyl halides is 6. The number of pyridine rings is 1. The highest BCUT2D eigenvalue weighted by atomic mass is 19.4. The van der Waals surface area contributed by atoms with Gasteiger partial charge in [-0.15, -0.1) is 0 Å². The summed E-state index contributed by atoms with van der Waals surface area (Å²) in [6.07, 6.45) is -3.74. The third kappa shape index (κ3) is 6.74. The minimum Gasteiger partial charge on any atom is -0.458 e. The summed E-state index contributed by atoms with van der Waals surface area (Å²) in [6, 6.07) is 1.94. The van der Waals surface area contributed by atoms with Crippen LogP contribution >= 0.6 is 0 Å².